The zero-order chi connectivity index (χ0) is 9.42. The predicted octanol–water partition coefficient (Wildman–Crippen LogP) is 3.16. The van der Waals surface area contributed by atoms with Crippen molar-refractivity contribution in [3.05, 3.63) is 29.7 Å². The predicted molar refractivity (Wildman–Crippen MR) is 53.4 cm³/mol. The third-order valence-corrected chi connectivity index (χ3v) is 2.40. The van der Waals surface area contributed by atoms with Crippen molar-refractivity contribution in [3.8, 4) is 0 Å². The molecule has 0 bridgehead atoms. The van der Waals surface area contributed by atoms with Gasteiger partial charge in [-0.15, -0.1) is 0 Å². The number of aromatic nitrogens is 2. The molecule has 4 heteroatoms. The second-order valence-electron chi connectivity index (χ2n) is 2.91. The first kappa shape index (κ1) is 8.69. The van der Waals surface area contributed by atoms with E-state index in [1.807, 2.05) is 6.92 Å². The van der Waals surface area contributed by atoms with Crippen LogP contribution in [0.4, 0.5) is 4.39 Å². The fourth-order valence-electron chi connectivity index (χ4n) is 1.31. The van der Waals surface area contributed by atoms with Gasteiger partial charge in [0.1, 0.15) is 5.82 Å². The minimum Gasteiger partial charge on any atom is -0.280 e. The maximum atomic E-state index is 12.9. The van der Waals surface area contributed by atoms with Crippen molar-refractivity contribution in [1.82, 2.24) is 10.2 Å². The minimum absolute atomic E-state index is 0.152. The molecule has 0 fully saturated rings. The van der Waals surface area contributed by atoms with Crippen LogP contribution in [-0.4, -0.2) is 10.2 Å². The van der Waals surface area contributed by atoms with E-state index < -0.39 is 0 Å². The molecule has 0 aliphatic rings. The Hall–Kier alpha value is -0.900. The van der Waals surface area contributed by atoms with E-state index in [4.69, 9.17) is 0 Å². The molecule has 0 aliphatic heterocycles. The van der Waals surface area contributed by atoms with E-state index in [2.05, 4.69) is 26.1 Å². The van der Waals surface area contributed by atoms with Crippen LogP contribution in [0.15, 0.2) is 18.2 Å². The van der Waals surface area contributed by atoms with Crippen molar-refractivity contribution in [2.24, 2.45) is 0 Å². The Morgan fingerprint density at radius 2 is 2.31 bits per heavy atom. The Morgan fingerprint density at radius 1 is 1.54 bits per heavy atom. The molecule has 13 heavy (non-hydrogen) atoms. The molecule has 1 unspecified atom stereocenters. The smallest absolute Gasteiger partial charge is 0.124 e. The van der Waals surface area contributed by atoms with Crippen LogP contribution in [0.1, 0.15) is 17.4 Å². The average Bonchev–Trinajstić information content (AvgIpc) is 2.46. The molecule has 1 aromatic carbocycles. The van der Waals surface area contributed by atoms with Crippen LogP contribution in [0, 0.1) is 5.82 Å². The van der Waals surface area contributed by atoms with Gasteiger partial charge in [0, 0.05) is 5.39 Å². The number of fused-ring (bicyclic) bond motifs is 1. The van der Waals surface area contributed by atoms with E-state index >= 15 is 0 Å². The van der Waals surface area contributed by atoms with Crippen molar-refractivity contribution in [3.63, 3.8) is 0 Å². The molecule has 0 spiro atoms. The van der Waals surface area contributed by atoms with E-state index in [0.717, 1.165) is 16.6 Å². The van der Waals surface area contributed by atoms with Gasteiger partial charge >= 0.3 is 0 Å². The summed E-state index contributed by atoms with van der Waals surface area (Å²) in [7, 11) is 0. The van der Waals surface area contributed by atoms with Crippen LogP contribution in [0.5, 0.6) is 0 Å². The number of nitrogens with zero attached hydrogens (tertiary/aromatic N) is 1. The fourth-order valence-corrected chi connectivity index (χ4v) is 1.65. The third kappa shape index (κ3) is 1.46. The number of nitrogens with one attached hydrogen (secondary N) is 1. The highest BCUT2D eigenvalue weighted by molar-refractivity contribution is 9.09. The normalized spacial score (nSPS) is 13.5. The highest BCUT2D eigenvalue weighted by Gasteiger charge is 2.09. The zero-order valence-electron chi connectivity index (χ0n) is 7.01. The Kier molecular flexibility index (Phi) is 2.07. The van der Waals surface area contributed by atoms with Gasteiger partial charge in [-0.25, -0.2) is 4.39 Å². The number of hydrogen-bond acceptors (Lipinski definition) is 1. The molecule has 0 aliphatic carbocycles. The molecular formula is C9H8BrFN2. The maximum absolute atomic E-state index is 12.9. The molecule has 0 saturated heterocycles. The van der Waals surface area contributed by atoms with Crippen molar-refractivity contribution in [2.45, 2.75) is 11.8 Å². The second kappa shape index (κ2) is 3.10. The lowest BCUT2D eigenvalue weighted by atomic mass is 10.2. The lowest BCUT2D eigenvalue weighted by molar-refractivity contribution is 0.629. The van der Waals surface area contributed by atoms with Crippen molar-refractivity contribution < 1.29 is 4.39 Å². The van der Waals surface area contributed by atoms with E-state index in [1.165, 1.54) is 12.1 Å². The molecule has 0 amide bonds. The van der Waals surface area contributed by atoms with Crippen LogP contribution in [0.2, 0.25) is 0 Å². The summed E-state index contributed by atoms with van der Waals surface area (Å²) in [6.07, 6.45) is 0. The van der Waals surface area contributed by atoms with Gasteiger partial charge in [-0.05, 0) is 25.1 Å². The number of rotatable bonds is 1. The van der Waals surface area contributed by atoms with Gasteiger partial charge < -0.3 is 0 Å². The summed E-state index contributed by atoms with van der Waals surface area (Å²) in [5.41, 5.74) is 1.71. The maximum Gasteiger partial charge on any atom is 0.124 e. The minimum atomic E-state index is -0.233. The first-order valence-corrected chi connectivity index (χ1v) is 4.87. The number of halogens is 2. The van der Waals surface area contributed by atoms with Crippen molar-refractivity contribution in [2.75, 3.05) is 0 Å². The van der Waals surface area contributed by atoms with Crippen LogP contribution in [-0.2, 0) is 0 Å². The van der Waals surface area contributed by atoms with E-state index in [0.29, 0.717) is 0 Å². The summed E-state index contributed by atoms with van der Waals surface area (Å²) in [6, 6.07) is 4.57. The lowest BCUT2D eigenvalue weighted by Crippen LogP contribution is -1.84. The average molecular weight is 243 g/mol. The van der Waals surface area contributed by atoms with Crippen LogP contribution >= 0.6 is 15.9 Å². The second-order valence-corrected chi connectivity index (χ2v) is 4.29. The Morgan fingerprint density at radius 3 is 3.00 bits per heavy atom. The van der Waals surface area contributed by atoms with Crippen molar-refractivity contribution >= 4 is 26.8 Å². The molecule has 2 aromatic rings. The highest BCUT2D eigenvalue weighted by Crippen LogP contribution is 2.27. The lowest BCUT2D eigenvalue weighted by Gasteiger charge is -1.98. The molecule has 2 nitrogen and oxygen atoms in total. The first-order chi connectivity index (χ1) is 6.18. The Bertz CT molecular complexity index is 436. The van der Waals surface area contributed by atoms with Gasteiger partial charge in [-0.3, -0.25) is 5.10 Å². The van der Waals surface area contributed by atoms with E-state index in [9.17, 15) is 4.39 Å². The topological polar surface area (TPSA) is 28.7 Å². The molecule has 2 rings (SSSR count). The number of alkyl halides is 1. The molecular weight excluding hydrogens is 235 g/mol. The Balaban J connectivity index is 2.71. The van der Waals surface area contributed by atoms with E-state index in [-0.39, 0.29) is 10.6 Å². The monoisotopic (exact) mass is 242 g/mol. The summed E-state index contributed by atoms with van der Waals surface area (Å²) < 4.78 is 12.9. The largest absolute Gasteiger partial charge is 0.280 e. The number of hydrogen-bond donors (Lipinski definition) is 1. The van der Waals surface area contributed by atoms with Crippen LogP contribution < -0.4 is 0 Å². The molecule has 1 aromatic heterocycles. The SMILES string of the molecule is CC(Br)c1[nH]nc2ccc(F)cc12. The van der Waals surface area contributed by atoms with Gasteiger partial charge in [0.25, 0.3) is 0 Å². The molecule has 1 heterocycles. The van der Waals surface area contributed by atoms with Gasteiger partial charge in [-0.1, -0.05) is 15.9 Å². The van der Waals surface area contributed by atoms with Gasteiger partial charge in [0.2, 0.25) is 0 Å². The fraction of sp³-hybridized carbons (Fsp3) is 0.222. The molecule has 0 saturated carbocycles. The third-order valence-electron chi connectivity index (χ3n) is 1.94. The van der Waals surface area contributed by atoms with E-state index in [1.54, 1.807) is 6.07 Å². The number of benzene rings is 1. The summed E-state index contributed by atoms with van der Waals surface area (Å²) >= 11 is 3.41. The number of aromatic amines is 1. The molecule has 1 atom stereocenters. The first-order valence-electron chi connectivity index (χ1n) is 3.96. The summed E-state index contributed by atoms with van der Waals surface area (Å²) in [4.78, 5) is 0.152. The van der Waals surface area contributed by atoms with Crippen LogP contribution in [0.25, 0.3) is 10.9 Å². The highest BCUT2D eigenvalue weighted by atomic mass is 79.9. The quantitative estimate of drug-likeness (QED) is 0.765. The van der Waals surface area contributed by atoms with Crippen molar-refractivity contribution in [1.29, 1.82) is 0 Å². The summed E-state index contributed by atoms with van der Waals surface area (Å²) in [6.45, 7) is 1.97. The number of H-pyrrole nitrogens is 1. The van der Waals surface area contributed by atoms with Gasteiger partial charge in [-0.2, -0.15) is 5.10 Å². The molecule has 0 radical (unpaired) electrons. The standard InChI is InChI=1S/C9H8BrFN2/c1-5(10)9-7-4-6(11)2-3-8(7)12-13-9/h2-5H,1H3,(H,12,13). The molecule has 1 N–H and O–H groups in total. The van der Waals surface area contributed by atoms with Gasteiger partial charge in [0.05, 0.1) is 16.0 Å². The Labute approximate surface area is 83.3 Å². The summed E-state index contributed by atoms with van der Waals surface area (Å²) in [5, 5.41) is 7.77. The van der Waals surface area contributed by atoms with Crippen LogP contribution in [0.3, 0.4) is 0 Å². The molecule has 68 valence electrons. The summed E-state index contributed by atoms with van der Waals surface area (Å²) in [5.74, 6) is -0.233. The zero-order valence-corrected chi connectivity index (χ0v) is 8.60. The van der Waals surface area contributed by atoms with Gasteiger partial charge in [0.15, 0.2) is 0 Å².